The number of anilines is 2. The number of methoxy groups -OCH3 is 2. The SMILES string of the molecule is COc1cc2c(Nc3ccc(Br)c(Cl)c3)ncnc2cc1O[C@@H]1CO[C@@H]2[C@@H]1OC[C@@H]2OC.Cl. The number of fused-ring (bicyclic) bond motifs is 2. The zero-order chi connectivity index (χ0) is 22.2. The largest absolute Gasteiger partial charge is 0.493 e. The lowest BCUT2D eigenvalue weighted by Crippen LogP contribution is -2.35. The molecule has 2 aliphatic heterocycles. The summed E-state index contributed by atoms with van der Waals surface area (Å²) in [6, 6.07) is 9.29. The molecule has 176 valence electrons. The van der Waals surface area contributed by atoms with E-state index in [1.165, 1.54) is 6.33 Å². The predicted molar refractivity (Wildman–Crippen MR) is 130 cm³/mol. The van der Waals surface area contributed by atoms with Crippen LogP contribution in [0.25, 0.3) is 10.9 Å². The van der Waals surface area contributed by atoms with Crippen LogP contribution in [0.4, 0.5) is 11.5 Å². The van der Waals surface area contributed by atoms with Crippen molar-refractivity contribution in [3.63, 3.8) is 0 Å². The van der Waals surface area contributed by atoms with Gasteiger partial charge in [-0.15, -0.1) is 12.4 Å². The molecule has 0 amide bonds. The molecule has 3 aromatic rings. The van der Waals surface area contributed by atoms with Gasteiger partial charge in [0.1, 0.15) is 30.5 Å². The Labute approximate surface area is 210 Å². The van der Waals surface area contributed by atoms with E-state index in [2.05, 4.69) is 31.2 Å². The molecular formula is C22H22BrCl2N3O5. The molecule has 2 saturated heterocycles. The monoisotopic (exact) mass is 557 g/mol. The van der Waals surface area contributed by atoms with E-state index in [0.717, 1.165) is 15.5 Å². The van der Waals surface area contributed by atoms with E-state index in [1.54, 1.807) is 14.2 Å². The highest BCUT2D eigenvalue weighted by atomic mass is 79.9. The Bertz CT molecular complexity index is 1150. The summed E-state index contributed by atoms with van der Waals surface area (Å²) in [6.07, 6.45) is 0.827. The van der Waals surface area contributed by atoms with Crippen molar-refractivity contribution in [1.29, 1.82) is 0 Å². The van der Waals surface area contributed by atoms with Gasteiger partial charge in [-0.1, -0.05) is 11.6 Å². The van der Waals surface area contributed by atoms with Gasteiger partial charge >= 0.3 is 0 Å². The molecule has 2 fully saturated rings. The van der Waals surface area contributed by atoms with E-state index >= 15 is 0 Å². The van der Waals surface area contributed by atoms with Gasteiger partial charge < -0.3 is 29.0 Å². The second-order valence-electron chi connectivity index (χ2n) is 7.52. The molecule has 0 bridgehead atoms. The molecule has 2 aliphatic rings. The van der Waals surface area contributed by atoms with Crippen molar-refractivity contribution in [2.75, 3.05) is 32.8 Å². The van der Waals surface area contributed by atoms with Gasteiger partial charge in [-0.05, 0) is 40.2 Å². The lowest BCUT2D eigenvalue weighted by molar-refractivity contribution is -0.0140. The quantitative estimate of drug-likeness (QED) is 0.463. The average Bonchev–Trinajstić information content (AvgIpc) is 3.39. The zero-order valence-electron chi connectivity index (χ0n) is 17.8. The number of rotatable bonds is 6. The maximum absolute atomic E-state index is 6.27. The van der Waals surface area contributed by atoms with Gasteiger partial charge in [0.15, 0.2) is 17.6 Å². The van der Waals surface area contributed by atoms with Gasteiger partial charge in [0.05, 0.1) is 30.9 Å². The van der Waals surface area contributed by atoms with Crippen molar-refractivity contribution >= 4 is 62.3 Å². The zero-order valence-corrected chi connectivity index (χ0v) is 20.9. The third-order valence-electron chi connectivity index (χ3n) is 5.65. The number of hydrogen-bond donors (Lipinski definition) is 1. The summed E-state index contributed by atoms with van der Waals surface area (Å²) in [4.78, 5) is 8.81. The first kappa shape index (κ1) is 24.3. The number of halogens is 3. The van der Waals surface area contributed by atoms with Crippen LogP contribution in [0.3, 0.4) is 0 Å². The van der Waals surface area contributed by atoms with Gasteiger partial charge in [-0.3, -0.25) is 0 Å². The third kappa shape index (κ3) is 4.71. The van der Waals surface area contributed by atoms with Gasteiger partial charge in [0.25, 0.3) is 0 Å². The van der Waals surface area contributed by atoms with E-state index in [-0.39, 0.29) is 36.8 Å². The molecule has 3 heterocycles. The Morgan fingerprint density at radius 2 is 1.79 bits per heavy atom. The van der Waals surface area contributed by atoms with Crippen molar-refractivity contribution in [2.24, 2.45) is 0 Å². The Morgan fingerprint density at radius 3 is 2.52 bits per heavy atom. The second-order valence-corrected chi connectivity index (χ2v) is 8.78. The summed E-state index contributed by atoms with van der Waals surface area (Å²) in [5, 5.41) is 4.68. The smallest absolute Gasteiger partial charge is 0.164 e. The molecule has 1 aromatic heterocycles. The summed E-state index contributed by atoms with van der Waals surface area (Å²) >= 11 is 9.62. The van der Waals surface area contributed by atoms with Crippen LogP contribution in [-0.2, 0) is 14.2 Å². The first-order valence-corrected chi connectivity index (χ1v) is 11.2. The van der Waals surface area contributed by atoms with Gasteiger partial charge in [0.2, 0.25) is 0 Å². The van der Waals surface area contributed by atoms with Crippen LogP contribution in [0.2, 0.25) is 5.02 Å². The third-order valence-corrected chi connectivity index (χ3v) is 6.88. The minimum Gasteiger partial charge on any atom is -0.493 e. The van der Waals surface area contributed by atoms with E-state index in [4.69, 9.17) is 35.3 Å². The molecule has 2 aromatic carbocycles. The van der Waals surface area contributed by atoms with E-state index < -0.39 is 0 Å². The predicted octanol–water partition coefficient (Wildman–Crippen LogP) is 4.78. The summed E-state index contributed by atoms with van der Waals surface area (Å²) in [5.74, 6) is 1.76. The molecule has 0 spiro atoms. The van der Waals surface area contributed by atoms with Crippen LogP contribution in [0, 0.1) is 0 Å². The fourth-order valence-electron chi connectivity index (χ4n) is 4.02. The second kappa shape index (κ2) is 10.2. The summed E-state index contributed by atoms with van der Waals surface area (Å²) in [7, 11) is 3.26. The number of benzene rings is 2. The first-order chi connectivity index (χ1) is 15.6. The Balaban J connectivity index is 0.00000259. The Kier molecular flexibility index (Phi) is 7.47. The normalized spacial score (nSPS) is 23.8. The molecule has 11 heteroatoms. The fourth-order valence-corrected chi connectivity index (χ4v) is 4.45. The van der Waals surface area contributed by atoms with Crippen molar-refractivity contribution in [2.45, 2.75) is 24.4 Å². The number of nitrogens with zero attached hydrogens (tertiary/aromatic N) is 2. The highest BCUT2D eigenvalue weighted by Crippen LogP contribution is 2.38. The molecule has 1 N–H and O–H groups in total. The van der Waals surface area contributed by atoms with Gasteiger partial charge in [0, 0.05) is 28.7 Å². The average molecular weight is 559 g/mol. The van der Waals surface area contributed by atoms with Crippen LogP contribution in [0.15, 0.2) is 41.1 Å². The standard InChI is InChI=1S/C22H21BrClN3O5.ClH/c1-28-16-6-12-15(25-10-26-22(12)27-11-3-4-13(23)14(24)5-11)7-17(16)32-19-9-31-20-18(29-2)8-30-21(19)20;/h3-7,10,18-21H,8-9H2,1-2H3,(H,25,26,27);1H/t18-,19+,20-,21+;/m0./s1. The first-order valence-electron chi connectivity index (χ1n) is 10.0. The highest BCUT2D eigenvalue weighted by molar-refractivity contribution is 9.10. The summed E-state index contributed by atoms with van der Waals surface area (Å²) < 4.78 is 29.9. The van der Waals surface area contributed by atoms with Crippen LogP contribution >= 0.6 is 39.9 Å². The molecule has 5 rings (SSSR count). The van der Waals surface area contributed by atoms with Crippen molar-refractivity contribution in [1.82, 2.24) is 9.97 Å². The summed E-state index contributed by atoms with van der Waals surface area (Å²) in [5.41, 5.74) is 1.51. The van der Waals surface area contributed by atoms with E-state index in [0.29, 0.717) is 41.1 Å². The fraction of sp³-hybridized carbons (Fsp3) is 0.364. The van der Waals surface area contributed by atoms with E-state index in [9.17, 15) is 0 Å². The minimum absolute atomic E-state index is 0. The van der Waals surface area contributed by atoms with Crippen LogP contribution in [-0.4, -0.2) is 61.8 Å². The Morgan fingerprint density at radius 1 is 1.03 bits per heavy atom. The molecule has 0 aliphatic carbocycles. The number of hydrogen-bond acceptors (Lipinski definition) is 8. The minimum atomic E-state index is -0.268. The molecule has 0 radical (unpaired) electrons. The Hall–Kier alpha value is -1.88. The molecule has 0 unspecified atom stereocenters. The van der Waals surface area contributed by atoms with Crippen LogP contribution in [0.5, 0.6) is 11.5 Å². The van der Waals surface area contributed by atoms with E-state index in [1.807, 2.05) is 30.3 Å². The van der Waals surface area contributed by atoms with Gasteiger partial charge in [-0.2, -0.15) is 0 Å². The summed E-state index contributed by atoms with van der Waals surface area (Å²) in [6.45, 7) is 0.903. The lowest BCUT2D eigenvalue weighted by atomic mass is 10.1. The number of ether oxygens (including phenoxy) is 5. The molecule has 4 atom stereocenters. The molecular weight excluding hydrogens is 537 g/mol. The highest BCUT2D eigenvalue weighted by Gasteiger charge is 2.49. The van der Waals surface area contributed by atoms with Crippen molar-refractivity contribution in [3.8, 4) is 11.5 Å². The van der Waals surface area contributed by atoms with Gasteiger partial charge in [-0.25, -0.2) is 9.97 Å². The van der Waals surface area contributed by atoms with Crippen molar-refractivity contribution in [3.05, 3.63) is 46.2 Å². The lowest BCUT2D eigenvalue weighted by Gasteiger charge is -2.20. The van der Waals surface area contributed by atoms with Crippen LogP contribution in [0.1, 0.15) is 0 Å². The molecule has 0 saturated carbocycles. The molecule has 8 nitrogen and oxygen atoms in total. The number of aromatic nitrogens is 2. The number of nitrogens with one attached hydrogen (secondary N) is 1. The van der Waals surface area contributed by atoms with Crippen LogP contribution < -0.4 is 14.8 Å². The molecule has 33 heavy (non-hydrogen) atoms. The maximum Gasteiger partial charge on any atom is 0.164 e. The van der Waals surface area contributed by atoms with Crippen molar-refractivity contribution < 1.29 is 23.7 Å². The topological polar surface area (TPSA) is 84.0 Å². The maximum atomic E-state index is 6.27.